The maximum absolute atomic E-state index is 13.3. The second-order valence-corrected chi connectivity index (χ2v) is 6.07. The summed E-state index contributed by atoms with van der Waals surface area (Å²) in [5.41, 5.74) is -0.729. The molecule has 0 aliphatic carbocycles. The molecule has 0 bridgehead atoms. The Balaban J connectivity index is 2.41. The molecule has 1 aliphatic rings. The summed E-state index contributed by atoms with van der Waals surface area (Å²) in [5, 5.41) is 11.3. The summed E-state index contributed by atoms with van der Waals surface area (Å²) in [6.45, 7) is -0.0962. The van der Waals surface area contributed by atoms with E-state index in [9.17, 15) is 22.4 Å². The SMILES string of the molecule is O=C1CN(S(=O)(=O)c2ccc(F)c(C(=O)O)c2)CCN1. The van der Waals surface area contributed by atoms with E-state index in [-0.39, 0.29) is 24.5 Å². The van der Waals surface area contributed by atoms with Crippen LogP contribution in [0.1, 0.15) is 10.4 Å². The fraction of sp³-hybridized carbons (Fsp3) is 0.273. The summed E-state index contributed by atoms with van der Waals surface area (Å²) >= 11 is 0. The van der Waals surface area contributed by atoms with Crippen molar-refractivity contribution in [2.45, 2.75) is 4.90 Å². The number of carbonyl (C=O) groups is 2. The van der Waals surface area contributed by atoms with E-state index in [2.05, 4.69) is 5.32 Å². The molecule has 1 aromatic carbocycles. The molecule has 0 unspecified atom stereocenters. The van der Waals surface area contributed by atoms with E-state index in [1.165, 1.54) is 0 Å². The van der Waals surface area contributed by atoms with Crippen molar-refractivity contribution in [3.63, 3.8) is 0 Å². The second-order valence-electron chi connectivity index (χ2n) is 4.14. The Morgan fingerprint density at radius 1 is 1.40 bits per heavy atom. The van der Waals surface area contributed by atoms with E-state index in [1.807, 2.05) is 0 Å². The van der Waals surface area contributed by atoms with Crippen LogP contribution >= 0.6 is 0 Å². The smallest absolute Gasteiger partial charge is 0.338 e. The first kappa shape index (κ1) is 14.4. The molecule has 1 amide bonds. The number of carboxylic acids is 1. The van der Waals surface area contributed by atoms with Gasteiger partial charge in [-0.3, -0.25) is 4.79 Å². The molecule has 20 heavy (non-hydrogen) atoms. The largest absolute Gasteiger partial charge is 0.478 e. The first-order chi connectivity index (χ1) is 9.32. The quantitative estimate of drug-likeness (QED) is 0.794. The van der Waals surface area contributed by atoms with Gasteiger partial charge in [-0.05, 0) is 18.2 Å². The number of piperazine rings is 1. The number of hydrogen-bond donors (Lipinski definition) is 2. The number of carbonyl (C=O) groups excluding carboxylic acids is 1. The van der Waals surface area contributed by atoms with Gasteiger partial charge in [0.15, 0.2) is 0 Å². The molecule has 0 saturated carbocycles. The normalized spacial score (nSPS) is 16.8. The molecular weight excluding hydrogens is 291 g/mol. The number of hydrogen-bond acceptors (Lipinski definition) is 4. The number of sulfonamides is 1. The van der Waals surface area contributed by atoms with Crippen LogP contribution in [0.4, 0.5) is 4.39 Å². The molecular formula is C11H11FN2O5S. The summed E-state index contributed by atoms with van der Waals surface area (Å²) < 4.78 is 38.7. The predicted octanol–water partition coefficient (Wildman–Crippen LogP) is -0.356. The van der Waals surface area contributed by atoms with Crippen LogP contribution in [0, 0.1) is 5.82 Å². The van der Waals surface area contributed by atoms with E-state index in [1.54, 1.807) is 0 Å². The highest BCUT2D eigenvalue weighted by atomic mass is 32.2. The molecule has 2 N–H and O–H groups in total. The van der Waals surface area contributed by atoms with Gasteiger partial charge in [0.1, 0.15) is 5.82 Å². The Hall–Kier alpha value is -2.00. The number of aromatic carboxylic acids is 1. The van der Waals surface area contributed by atoms with Crippen LogP contribution in [0.25, 0.3) is 0 Å². The Kier molecular flexibility index (Phi) is 3.73. The van der Waals surface area contributed by atoms with Crippen molar-refractivity contribution in [2.75, 3.05) is 19.6 Å². The summed E-state index contributed by atoms with van der Waals surface area (Å²) in [6, 6.07) is 2.50. The van der Waals surface area contributed by atoms with Crippen molar-refractivity contribution in [2.24, 2.45) is 0 Å². The molecule has 1 aliphatic heterocycles. The lowest BCUT2D eigenvalue weighted by Gasteiger charge is -2.25. The minimum absolute atomic E-state index is 0.0772. The lowest BCUT2D eigenvalue weighted by Crippen LogP contribution is -2.49. The molecule has 1 fully saturated rings. The molecule has 0 aromatic heterocycles. The highest BCUT2D eigenvalue weighted by Crippen LogP contribution is 2.19. The minimum atomic E-state index is -4.03. The molecule has 0 spiro atoms. The third kappa shape index (κ3) is 2.63. The Bertz CT molecular complexity index is 673. The molecule has 1 aromatic rings. The highest BCUT2D eigenvalue weighted by Gasteiger charge is 2.30. The summed E-state index contributed by atoms with van der Waals surface area (Å²) in [7, 11) is -4.03. The number of nitrogens with one attached hydrogen (secondary N) is 1. The Morgan fingerprint density at radius 3 is 2.70 bits per heavy atom. The van der Waals surface area contributed by atoms with Gasteiger partial charge in [-0.15, -0.1) is 0 Å². The van der Waals surface area contributed by atoms with Gasteiger partial charge in [0.2, 0.25) is 15.9 Å². The number of benzene rings is 1. The van der Waals surface area contributed by atoms with Crippen LogP contribution in [-0.2, 0) is 14.8 Å². The summed E-state index contributed by atoms with van der Waals surface area (Å²) in [4.78, 5) is 21.7. The Morgan fingerprint density at radius 2 is 2.10 bits per heavy atom. The van der Waals surface area contributed by atoms with Gasteiger partial charge >= 0.3 is 5.97 Å². The van der Waals surface area contributed by atoms with Gasteiger partial charge in [0, 0.05) is 13.1 Å². The topological polar surface area (TPSA) is 104 Å². The number of nitrogens with zero attached hydrogens (tertiary/aromatic N) is 1. The van der Waals surface area contributed by atoms with E-state index in [4.69, 9.17) is 5.11 Å². The molecule has 0 atom stereocenters. The molecule has 7 nitrogen and oxygen atoms in total. The zero-order valence-corrected chi connectivity index (χ0v) is 11.0. The number of carboxylic acid groups (broad SMARTS) is 1. The molecule has 2 rings (SSSR count). The van der Waals surface area contributed by atoms with Crippen molar-refractivity contribution in [1.29, 1.82) is 0 Å². The van der Waals surface area contributed by atoms with Crippen LogP contribution < -0.4 is 5.32 Å². The van der Waals surface area contributed by atoms with Gasteiger partial charge in [-0.1, -0.05) is 0 Å². The predicted molar refractivity (Wildman–Crippen MR) is 65.1 cm³/mol. The maximum atomic E-state index is 13.3. The van der Waals surface area contributed by atoms with Crippen molar-refractivity contribution in [3.8, 4) is 0 Å². The first-order valence-corrected chi connectivity index (χ1v) is 7.06. The van der Waals surface area contributed by atoms with Crippen molar-refractivity contribution < 1.29 is 27.5 Å². The third-order valence-electron chi connectivity index (χ3n) is 2.81. The van der Waals surface area contributed by atoms with Crippen LogP contribution in [0.3, 0.4) is 0 Å². The summed E-state index contributed by atoms with van der Waals surface area (Å²) in [5.74, 6) is -3.02. The number of rotatable bonds is 3. The van der Waals surface area contributed by atoms with Crippen LogP contribution in [-0.4, -0.2) is 49.3 Å². The Labute approximate surface area is 114 Å². The molecule has 1 saturated heterocycles. The van der Waals surface area contributed by atoms with Crippen molar-refractivity contribution in [1.82, 2.24) is 9.62 Å². The maximum Gasteiger partial charge on any atom is 0.338 e. The van der Waals surface area contributed by atoms with Gasteiger partial charge in [-0.2, -0.15) is 4.31 Å². The average molecular weight is 302 g/mol. The van der Waals surface area contributed by atoms with Gasteiger partial charge in [0.05, 0.1) is 17.0 Å². The fourth-order valence-corrected chi connectivity index (χ4v) is 3.22. The molecule has 0 radical (unpaired) electrons. The van der Waals surface area contributed by atoms with E-state index < -0.39 is 33.3 Å². The first-order valence-electron chi connectivity index (χ1n) is 5.62. The monoisotopic (exact) mass is 302 g/mol. The number of amides is 1. The standard InChI is InChI=1S/C11H11FN2O5S/c12-9-2-1-7(5-8(9)11(16)17)20(18,19)14-4-3-13-10(15)6-14/h1-2,5H,3-4,6H2,(H,13,15)(H,16,17). The zero-order valence-electron chi connectivity index (χ0n) is 10.2. The lowest BCUT2D eigenvalue weighted by atomic mass is 10.2. The van der Waals surface area contributed by atoms with E-state index >= 15 is 0 Å². The molecule has 9 heteroatoms. The fourth-order valence-electron chi connectivity index (χ4n) is 1.80. The molecule has 108 valence electrons. The van der Waals surface area contributed by atoms with Gasteiger partial charge < -0.3 is 10.4 Å². The van der Waals surface area contributed by atoms with Crippen LogP contribution in [0.5, 0.6) is 0 Å². The van der Waals surface area contributed by atoms with Gasteiger partial charge in [0.25, 0.3) is 0 Å². The van der Waals surface area contributed by atoms with E-state index in [0.717, 1.165) is 22.5 Å². The third-order valence-corrected chi connectivity index (χ3v) is 4.65. The number of halogens is 1. The minimum Gasteiger partial charge on any atom is -0.478 e. The van der Waals surface area contributed by atoms with Crippen molar-refractivity contribution >= 4 is 21.9 Å². The lowest BCUT2D eigenvalue weighted by molar-refractivity contribution is -0.122. The van der Waals surface area contributed by atoms with Crippen LogP contribution in [0.15, 0.2) is 23.1 Å². The van der Waals surface area contributed by atoms with Crippen molar-refractivity contribution in [3.05, 3.63) is 29.6 Å². The van der Waals surface area contributed by atoms with E-state index in [0.29, 0.717) is 0 Å². The average Bonchev–Trinajstić information content (AvgIpc) is 2.38. The molecule has 1 heterocycles. The zero-order chi connectivity index (χ0) is 14.9. The van der Waals surface area contributed by atoms with Gasteiger partial charge in [-0.25, -0.2) is 17.6 Å². The highest BCUT2D eigenvalue weighted by molar-refractivity contribution is 7.89. The summed E-state index contributed by atoms with van der Waals surface area (Å²) in [6.07, 6.45) is 0. The second kappa shape index (κ2) is 5.17. The van der Waals surface area contributed by atoms with Crippen LogP contribution in [0.2, 0.25) is 0 Å².